The largest absolute Gasteiger partial charge is 0.294 e. The van der Waals surface area contributed by atoms with Gasteiger partial charge in [0.25, 0.3) is 0 Å². The van der Waals surface area contributed by atoms with Crippen molar-refractivity contribution in [2.75, 3.05) is 0 Å². The lowest BCUT2D eigenvalue weighted by Crippen LogP contribution is -2.49. The van der Waals surface area contributed by atoms with E-state index in [0.29, 0.717) is 5.56 Å². The lowest BCUT2D eigenvalue weighted by atomic mass is 9.74. The summed E-state index contributed by atoms with van der Waals surface area (Å²) in [6, 6.07) is 10.9. The number of amides is 2. The van der Waals surface area contributed by atoms with Crippen LogP contribution in [0.2, 0.25) is 0 Å². The molecular formula is C14H11N3O2. The van der Waals surface area contributed by atoms with E-state index in [1.54, 1.807) is 12.1 Å². The van der Waals surface area contributed by atoms with Gasteiger partial charge in [-0.15, -0.1) is 0 Å². The fourth-order valence-corrected chi connectivity index (χ4v) is 2.25. The third-order valence-electron chi connectivity index (χ3n) is 3.27. The minimum absolute atomic E-state index is 0.635. The van der Waals surface area contributed by atoms with Crippen LogP contribution in [0, 0.1) is 41.4 Å². The van der Waals surface area contributed by atoms with Crippen LogP contribution in [0.15, 0.2) is 24.3 Å². The topological polar surface area (TPSA) is 93.8 Å². The number of hydrogen-bond acceptors (Lipinski definition) is 4. The number of aryl methyl sites for hydroxylation is 1. The number of imide groups is 1. The van der Waals surface area contributed by atoms with E-state index in [2.05, 4.69) is 5.32 Å². The number of nitriles is 2. The van der Waals surface area contributed by atoms with E-state index in [1.807, 2.05) is 31.2 Å². The van der Waals surface area contributed by atoms with Crippen LogP contribution in [0.5, 0.6) is 0 Å². The molecule has 1 aromatic rings. The maximum Gasteiger partial charge on any atom is 0.244 e. The van der Waals surface area contributed by atoms with Gasteiger partial charge in [-0.25, -0.2) is 0 Å². The Labute approximate surface area is 110 Å². The Morgan fingerprint density at radius 2 is 1.47 bits per heavy atom. The van der Waals surface area contributed by atoms with E-state index in [0.717, 1.165) is 5.56 Å². The highest BCUT2D eigenvalue weighted by atomic mass is 16.2. The van der Waals surface area contributed by atoms with Gasteiger partial charge in [0, 0.05) is 5.92 Å². The average molecular weight is 253 g/mol. The Kier molecular flexibility index (Phi) is 3.31. The predicted molar refractivity (Wildman–Crippen MR) is 65.3 cm³/mol. The zero-order chi connectivity index (χ0) is 14.0. The van der Waals surface area contributed by atoms with Gasteiger partial charge in [0.2, 0.25) is 11.8 Å². The summed E-state index contributed by atoms with van der Waals surface area (Å²) >= 11 is 0. The van der Waals surface area contributed by atoms with Crippen LogP contribution >= 0.6 is 0 Å². The van der Waals surface area contributed by atoms with Crippen molar-refractivity contribution in [3.05, 3.63) is 35.4 Å². The second kappa shape index (κ2) is 4.91. The number of hydrogen-bond donors (Lipinski definition) is 1. The normalized spacial score (nSPS) is 23.3. The molecule has 19 heavy (non-hydrogen) atoms. The number of benzene rings is 1. The standard InChI is InChI=1S/C14H11N3O2/c1-8-2-4-9(5-3-8)12-10(6-15)13(18)17-14(19)11(12)7-16/h2-5,10-12H,1H3,(H,17,18,19)/t10-,11-/m0/s1. The van der Waals surface area contributed by atoms with Gasteiger partial charge >= 0.3 is 0 Å². The van der Waals surface area contributed by atoms with E-state index >= 15 is 0 Å². The molecule has 2 rings (SSSR count). The molecule has 0 spiro atoms. The first kappa shape index (κ1) is 12.8. The highest BCUT2D eigenvalue weighted by Gasteiger charge is 2.45. The summed E-state index contributed by atoms with van der Waals surface area (Å²) in [5.74, 6) is -4.03. The summed E-state index contributed by atoms with van der Waals surface area (Å²) < 4.78 is 0. The SMILES string of the molecule is Cc1ccc(C2[C@H](C#N)C(=O)NC(=O)[C@H]2C#N)cc1. The lowest BCUT2D eigenvalue weighted by Gasteiger charge is -2.29. The fourth-order valence-electron chi connectivity index (χ4n) is 2.25. The molecule has 5 nitrogen and oxygen atoms in total. The highest BCUT2D eigenvalue weighted by molar-refractivity contribution is 6.03. The molecule has 94 valence electrons. The Hall–Kier alpha value is -2.66. The second-order valence-electron chi connectivity index (χ2n) is 4.50. The fraction of sp³-hybridized carbons (Fsp3) is 0.286. The first-order valence-corrected chi connectivity index (χ1v) is 5.79. The summed E-state index contributed by atoms with van der Waals surface area (Å²) in [6.45, 7) is 1.91. The molecule has 1 aliphatic rings. The molecule has 2 atom stereocenters. The van der Waals surface area contributed by atoms with Gasteiger partial charge in [0.1, 0.15) is 11.8 Å². The van der Waals surface area contributed by atoms with Gasteiger partial charge in [0.15, 0.2) is 0 Å². The summed E-state index contributed by atoms with van der Waals surface area (Å²) in [5, 5.41) is 20.3. The molecule has 1 N–H and O–H groups in total. The molecule has 2 amide bonds. The van der Waals surface area contributed by atoms with Gasteiger partial charge in [-0.2, -0.15) is 10.5 Å². The smallest absolute Gasteiger partial charge is 0.244 e. The molecule has 1 saturated heterocycles. The first-order chi connectivity index (χ1) is 9.08. The number of nitrogens with one attached hydrogen (secondary N) is 1. The van der Waals surface area contributed by atoms with Crippen molar-refractivity contribution in [2.45, 2.75) is 12.8 Å². The second-order valence-corrected chi connectivity index (χ2v) is 4.50. The molecule has 0 saturated carbocycles. The molecule has 0 radical (unpaired) electrons. The summed E-state index contributed by atoms with van der Waals surface area (Å²) in [5.41, 5.74) is 1.68. The minimum Gasteiger partial charge on any atom is -0.294 e. The van der Waals surface area contributed by atoms with Crippen LogP contribution in [-0.4, -0.2) is 11.8 Å². The van der Waals surface area contributed by atoms with Crippen molar-refractivity contribution >= 4 is 11.8 Å². The Morgan fingerprint density at radius 3 is 1.89 bits per heavy atom. The Bertz CT molecular complexity index is 575. The Balaban J connectivity index is 2.50. The number of carbonyl (C=O) groups is 2. The molecule has 0 bridgehead atoms. The molecule has 5 heteroatoms. The predicted octanol–water partition coefficient (Wildman–Crippen LogP) is 1.01. The van der Waals surface area contributed by atoms with Crippen LogP contribution in [0.1, 0.15) is 17.0 Å². The lowest BCUT2D eigenvalue weighted by molar-refractivity contribution is -0.137. The molecule has 1 fully saturated rings. The van der Waals surface area contributed by atoms with Crippen LogP contribution in [0.4, 0.5) is 0 Å². The zero-order valence-electron chi connectivity index (χ0n) is 10.3. The van der Waals surface area contributed by atoms with Crippen molar-refractivity contribution in [2.24, 2.45) is 11.8 Å². The molecule has 1 aromatic carbocycles. The van der Waals surface area contributed by atoms with E-state index in [4.69, 9.17) is 10.5 Å². The van der Waals surface area contributed by atoms with Gasteiger partial charge < -0.3 is 0 Å². The van der Waals surface area contributed by atoms with Crippen molar-refractivity contribution in [3.63, 3.8) is 0 Å². The van der Waals surface area contributed by atoms with Gasteiger partial charge in [0.05, 0.1) is 12.1 Å². The molecule has 0 aromatic heterocycles. The minimum atomic E-state index is -1.02. The Morgan fingerprint density at radius 1 is 1.00 bits per heavy atom. The third kappa shape index (κ3) is 2.19. The monoisotopic (exact) mass is 253 g/mol. The maximum absolute atomic E-state index is 11.7. The van der Waals surface area contributed by atoms with E-state index in [9.17, 15) is 9.59 Å². The van der Waals surface area contributed by atoms with Crippen LogP contribution < -0.4 is 5.32 Å². The summed E-state index contributed by atoms with van der Waals surface area (Å²) in [6.07, 6.45) is 0. The average Bonchev–Trinajstić information content (AvgIpc) is 2.39. The van der Waals surface area contributed by atoms with E-state index in [-0.39, 0.29) is 0 Å². The molecular weight excluding hydrogens is 242 g/mol. The zero-order valence-corrected chi connectivity index (χ0v) is 10.3. The van der Waals surface area contributed by atoms with Gasteiger partial charge in [-0.1, -0.05) is 29.8 Å². The number of nitrogens with zero attached hydrogens (tertiary/aromatic N) is 2. The maximum atomic E-state index is 11.7. The molecule has 1 heterocycles. The quantitative estimate of drug-likeness (QED) is 0.756. The van der Waals surface area contributed by atoms with Crippen molar-refractivity contribution in [3.8, 4) is 12.1 Å². The van der Waals surface area contributed by atoms with Crippen molar-refractivity contribution < 1.29 is 9.59 Å². The van der Waals surface area contributed by atoms with Crippen LogP contribution in [0.25, 0.3) is 0 Å². The molecule has 1 aliphatic heterocycles. The van der Waals surface area contributed by atoms with Crippen LogP contribution in [0.3, 0.4) is 0 Å². The molecule has 0 unspecified atom stereocenters. The summed E-state index contributed by atoms with van der Waals surface area (Å²) in [7, 11) is 0. The van der Waals surface area contributed by atoms with Crippen molar-refractivity contribution in [1.29, 1.82) is 10.5 Å². The molecule has 0 aliphatic carbocycles. The summed E-state index contributed by atoms with van der Waals surface area (Å²) in [4.78, 5) is 23.4. The highest BCUT2D eigenvalue weighted by Crippen LogP contribution is 2.35. The number of rotatable bonds is 1. The first-order valence-electron chi connectivity index (χ1n) is 5.79. The van der Waals surface area contributed by atoms with Gasteiger partial charge in [-0.3, -0.25) is 14.9 Å². The van der Waals surface area contributed by atoms with E-state index in [1.165, 1.54) is 0 Å². The van der Waals surface area contributed by atoms with Crippen molar-refractivity contribution in [1.82, 2.24) is 5.32 Å². The van der Waals surface area contributed by atoms with E-state index < -0.39 is 29.6 Å². The number of piperidine rings is 1. The number of carbonyl (C=O) groups excluding carboxylic acids is 2. The third-order valence-corrected chi connectivity index (χ3v) is 3.27. The van der Waals surface area contributed by atoms with Gasteiger partial charge in [-0.05, 0) is 12.5 Å². The van der Waals surface area contributed by atoms with Crippen LogP contribution in [-0.2, 0) is 9.59 Å².